The molecule has 0 bridgehead atoms. The average Bonchev–Trinajstić information content (AvgIpc) is 2.99. The highest BCUT2D eigenvalue weighted by Crippen LogP contribution is 2.27. The van der Waals surface area contributed by atoms with Crippen LogP contribution in [-0.4, -0.2) is 43.8 Å². The first-order valence-electron chi connectivity index (χ1n) is 14.6. The molecule has 0 spiro atoms. The minimum absolute atomic E-state index is 0.0888. The molecule has 1 N–H and O–H groups in total. The van der Waals surface area contributed by atoms with Gasteiger partial charge in [-0.15, -0.1) is 0 Å². The fraction of sp³-hybridized carbons (Fsp3) is 0.394. The van der Waals surface area contributed by atoms with Crippen LogP contribution in [0, 0.1) is 0 Å². The first-order valence-corrected chi connectivity index (χ1v) is 16.8. The lowest BCUT2D eigenvalue weighted by Gasteiger charge is -2.33. The number of anilines is 1. The predicted octanol–water partition coefficient (Wildman–Crippen LogP) is 6.63. The Morgan fingerprint density at radius 2 is 1.57 bits per heavy atom. The number of benzene rings is 3. The van der Waals surface area contributed by atoms with Gasteiger partial charge < -0.3 is 10.2 Å². The Morgan fingerprint density at radius 1 is 0.905 bits per heavy atom. The van der Waals surface area contributed by atoms with E-state index in [4.69, 9.17) is 0 Å². The van der Waals surface area contributed by atoms with Gasteiger partial charge in [0, 0.05) is 17.1 Å². The van der Waals surface area contributed by atoms with Crippen LogP contribution >= 0.6 is 15.9 Å². The molecular weight excluding hydrogens is 614 g/mol. The Morgan fingerprint density at radius 3 is 2.19 bits per heavy atom. The number of carbonyl (C=O) groups excluding carboxylic acids is 2. The van der Waals surface area contributed by atoms with Gasteiger partial charge in [0.2, 0.25) is 11.8 Å². The van der Waals surface area contributed by atoms with Crippen LogP contribution in [0.3, 0.4) is 0 Å². The Bertz CT molecular complexity index is 1460. The van der Waals surface area contributed by atoms with Crippen LogP contribution in [0.5, 0.6) is 0 Å². The molecule has 0 aromatic heterocycles. The molecule has 1 fully saturated rings. The number of rotatable bonds is 11. The molecule has 0 aliphatic heterocycles. The predicted molar refractivity (Wildman–Crippen MR) is 171 cm³/mol. The highest BCUT2D eigenvalue weighted by Gasteiger charge is 2.33. The molecule has 9 heteroatoms. The number of halogens is 1. The molecule has 0 saturated heterocycles. The molecule has 42 heavy (non-hydrogen) atoms. The number of sulfonamides is 1. The van der Waals surface area contributed by atoms with E-state index in [0.29, 0.717) is 5.69 Å². The molecule has 3 aromatic carbocycles. The van der Waals surface area contributed by atoms with Gasteiger partial charge in [-0.25, -0.2) is 8.42 Å². The third-order valence-electron chi connectivity index (χ3n) is 7.82. The van der Waals surface area contributed by atoms with Gasteiger partial charge in [-0.1, -0.05) is 91.5 Å². The highest BCUT2D eigenvalue weighted by molar-refractivity contribution is 9.10. The number of hydrogen-bond donors (Lipinski definition) is 1. The van der Waals surface area contributed by atoms with E-state index in [1.807, 2.05) is 36.4 Å². The molecule has 1 aliphatic carbocycles. The van der Waals surface area contributed by atoms with Crippen molar-refractivity contribution < 1.29 is 18.0 Å². The maximum absolute atomic E-state index is 14.1. The largest absolute Gasteiger partial charge is 0.352 e. The molecule has 0 unspecified atom stereocenters. The number of nitrogens with zero attached hydrogens (tertiary/aromatic N) is 2. The Kier molecular flexibility index (Phi) is 10.8. The molecule has 1 saturated carbocycles. The van der Waals surface area contributed by atoms with Crippen molar-refractivity contribution in [2.45, 2.75) is 82.3 Å². The molecule has 4 rings (SSSR count). The van der Waals surface area contributed by atoms with Crippen molar-refractivity contribution in [3.8, 4) is 0 Å². The number of carbonyl (C=O) groups is 2. The molecule has 0 heterocycles. The number of amides is 2. The van der Waals surface area contributed by atoms with E-state index in [0.717, 1.165) is 45.6 Å². The van der Waals surface area contributed by atoms with Gasteiger partial charge in [0.15, 0.2) is 0 Å². The normalized spacial score (nSPS) is 14.8. The summed E-state index contributed by atoms with van der Waals surface area (Å²) in [6, 6.07) is 22.2. The quantitative estimate of drug-likeness (QED) is 0.252. The third kappa shape index (κ3) is 8.01. The monoisotopic (exact) mass is 653 g/mol. The second kappa shape index (κ2) is 14.3. The summed E-state index contributed by atoms with van der Waals surface area (Å²) < 4.78 is 29.9. The Balaban J connectivity index is 1.68. The molecule has 1 aliphatic rings. The van der Waals surface area contributed by atoms with E-state index in [2.05, 4.69) is 35.1 Å². The lowest BCUT2D eigenvalue weighted by Crippen LogP contribution is -2.53. The SMILES string of the molecule is CC(C)c1ccc(N(CC(=O)N(Cc2cccc(Br)c2)[C@H](C)C(=O)NC2CCCCC2)S(=O)(=O)c2ccccc2)cc1. The molecule has 0 radical (unpaired) electrons. The first kappa shape index (κ1) is 31.8. The Labute approximate surface area is 258 Å². The second-order valence-corrected chi connectivity index (χ2v) is 14.0. The zero-order valence-electron chi connectivity index (χ0n) is 24.5. The minimum Gasteiger partial charge on any atom is -0.352 e. The summed E-state index contributed by atoms with van der Waals surface area (Å²) in [4.78, 5) is 29.2. The molecule has 224 valence electrons. The summed E-state index contributed by atoms with van der Waals surface area (Å²) in [6.07, 6.45) is 5.16. The van der Waals surface area contributed by atoms with E-state index in [-0.39, 0.29) is 29.3 Å². The molecule has 7 nitrogen and oxygen atoms in total. The van der Waals surface area contributed by atoms with Crippen LogP contribution in [0.2, 0.25) is 0 Å². The van der Waals surface area contributed by atoms with Gasteiger partial charge in [0.1, 0.15) is 12.6 Å². The lowest BCUT2D eigenvalue weighted by molar-refractivity contribution is -0.139. The fourth-order valence-electron chi connectivity index (χ4n) is 5.26. The van der Waals surface area contributed by atoms with Crippen LogP contribution in [0.15, 0.2) is 88.2 Å². The summed E-state index contributed by atoms with van der Waals surface area (Å²) in [5.41, 5.74) is 2.28. The van der Waals surface area contributed by atoms with Crippen molar-refractivity contribution in [2.24, 2.45) is 0 Å². The van der Waals surface area contributed by atoms with Gasteiger partial charge in [0.05, 0.1) is 10.6 Å². The van der Waals surface area contributed by atoms with Gasteiger partial charge >= 0.3 is 0 Å². The minimum atomic E-state index is -4.09. The molecular formula is C33H40BrN3O4S. The van der Waals surface area contributed by atoms with Crippen LogP contribution in [0.25, 0.3) is 0 Å². The van der Waals surface area contributed by atoms with Crippen molar-refractivity contribution in [3.63, 3.8) is 0 Å². The maximum atomic E-state index is 14.1. The third-order valence-corrected chi connectivity index (χ3v) is 10.1. The summed E-state index contributed by atoms with van der Waals surface area (Å²) in [7, 11) is -4.09. The van der Waals surface area contributed by atoms with Crippen LogP contribution in [-0.2, 0) is 26.2 Å². The summed E-state index contributed by atoms with van der Waals surface area (Å²) in [5.74, 6) is -0.429. The van der Waals surface area contributed by atoms with Crippen LogP contribution in [0.4, 0.5) is 5.69 Å². The Hall–Kier alpha value is -3.17. The van der Waals surface area contributed by atoms with Crippen molar-refractivity contribution in [2.75, 3.05) is 10.8 Å². The average molecular weight is 655 g/mol. The van der Waals surface area contributed by atoms with E-state index < -0.39 is 28.5 Å². The van der Waals surface area contributed by atoms with E-state index in [1.165, 1.54) is 23.5 Å². The number of hydrogen-bond acceptors (Lipinski definition) is 4. The van der Waals surface area contributed by atoms with Crippen molar-refractivity contribution in [1.29, 1.82) is 0 Å². The lowest BCUT2D eigenvalue weighted by atomic mass is 9.95. The summed E-state index contributed by atoms with van der Waals surface area (Å²) in [6.45, 7) is 5.55. The van der Waals surface area contributed by atoms with Gasteiger partial charge in [-0.05, 0) is 73.2 Å². The molecule has 2 amide bonds. The zero-order chi connectivity index (χ0) is 30.3. The van der Waals surface area contributed by atoms with Crippen molar-refractivity contribution >= 4 is 43.5 Å². The van der Waals surface area contributed by atoms with E-state index >= 15 is 0 Å². The van der Waals surface area contributed by atoms with Gasteiger partial charge in [-0.3, -0.25) is 13.9 Å². The van der Waals surface area contributed by atoms with Gasteiger partial charge in [0.25, 0.3) is 10.0 Å². The topological polar surface area (TPSA) is 86.8 Å². The second-order valence-electron chi connectivity index (χ2n) is 11.2. The van der Waals surface area contributed by atoms with E-state index in [1.54, 1.807) is 37.3 Å². The zero-order valence-corrected chi connectivity index (χ0v) is 26.9. The van der Waals surface area contributed by atoms with Gasteiger partial charge in [-0.2, -0.15) is 0 Å². The van der Waals surface area contributed by atoms with Crippen molar-refractivity contribution in [3.05, 3.63) is 94.5 Å². The molecule has 3 aromatic rings. The molecule has 1 atom stereocenters. The number of nitrogens with one attached hydrogen (secondary N) is 1. The standard InChI is InChI=1S/C33H40BrN3O4S/c1-24(2)27-17-19-30(20-18-27)37(42(40,41)31-15-8-5-9-16-31)23-32(38)36(22-26-11-10-12-28(34)21-26)25(3)33(39)35-29-13-6-4-7-14-29/h5,8-12,15-21,24-25,29H,4,6-7,13-14,22-23H2,1-3H3,(H,35,39)/t25-/m1/s1. The van der Waals surface area contributed by atoms with Crippen LogP contribution in [0.1, 0.15) is 69.9 Å². The summed E-state index contributed by atoms with van der Waals surface area (Å²) in [5, 5.41) is 3.14. The van der Waals surface area contributed by atoms with Crippen molar-refractivity contribution in [1.82, 2.24) is 10.2 Å². The summed E-state index contributed by atoms with van der Waals surface area (Å²) >= 11 is 3.49. The van der Waals surface area contributed by atoms with Crippen LogP contribution < -0.4 is 9.62 Å². The maximum Gasteiger partial charge on any atom is 0.264 e. The fourth-order valence-corrected chi connectivity index (χ4v) is 7.14. The first-order chi connectivity index (χ1) is 20.1. The highest BCUT2D eigenvalue weighted by atomic mass is 79.9. The van der Waals surface area contributed by atoms with E-state index in [9.17, 15) is 18.0 Å². The smallest absolute Gasteiger partial charge is 0.264 e.